The topological polar surface area (TPSA) is 64.6 Å². The van der Waals surface area contributed by atoms with Gasteiger partial charge in [0.2, 0.25) is 0 Å². The standard InChI is InChI=1S/C8H10BrNO4/c1-13-7(11)3-2-4-6(5(3)9)14-8(12)10-4/h3-6H,2H2,1H3,(H,10,12)/t3-,4-,5-,6-/m0/s1. The van der Waals surface area contributed by atoms with Gasteiger partial charge < -0.3 is 14.8 Å². The smallest absolute Gasteiger partial charge is 0.407 e. The van der Waals surface area contributed by atoms with Crippen molar-refractivity contribution in [2.75, 3.05) is 7.11 Å². The van der Waals surface area contributed by atoms with E-state index >= 15 is 0 Å². The van der Waals surface area contributed by atoms with Crippen LogP contribution in [-0.4, -0.2) is 36.1 Å². The highest BCUT2D eigenvalue weighted by molar-refractivity contribution is 9.09. The van der Waals surface area contributed by atoms with E-state index in [9.17, 15) is 9.59 Å². The van der Waals surface area contributed by atoms with E-state index in [0.29, 0.717) is 6.42 Å². The molecule has 14 heavy (non-hydrogen) atoms. The molecular weight excluding hydrogens is 254 g/mol. The maximum atomic E-state index is 11.3. The van der Waals surface area contributed by atoms with Crippen LogP contribution in [0.4, 0.5) is 4.79 Å². The number of fused-ring (bicyclic) bond motifs is 1. The Morgan fingerprint density at radius 1 is 1.71 bits per heavy atom. The van der Waals surface area contributed by atoms with E-state index in [4.69, 9.17) is 4.74 Å². The molecule has 0 aromatic heterocycles. The molecule has 78 valence electrons. The minimum atomic E-state index is -0.409. The van der Waals surface area contributed by atoms with Crippen LogP contribution in [0.15, 0.2) is 0 Å². The molecule has 2 aliphatic rings. The normalized spacial score (nSPS) is 40.0. The third kappa shape index (κ3) is 1.37. The summed E-state index contributed by atoms with van der Waals surface area (Å²) < 4.78 is 9.68. The average Bonchev–Trinajstić information content (AvgIpc) is 2.64. The summed E-state index contributed by atoms with van der Waals surface area (Å²) in [6, 6.07) is -0.0732. The van der Waals surface area contributed by atoms with Crippen LogP contribution >= 0.6 is 15.9 Å². The lowest BCUT2D eigenvalue weighted by atomic mass is 10.1. The van der Waals surface area contributed by atoms with Gasteiger partial charge in [-0.25, -0.2) is 4.79 Å². The number of esters is 1. The third-order valence-electron chi connectivity index (χ3n) is 2.65. The van der Waals surface area contributed by atoms with Crippen molar-refractivity contribution in [3.05, 3.63) is 0 Å². The van der Waals surface area contributed by atoms with E-state index in [1.54, 1.807) is 0 Å². The Bertz CT molecular complexity index is 283. The molecule has 1 N–H and O–H groups in total. The zero-order valence-electron chi connectivity index (χ0n) is 7.53. The maximum Gasteiger partial charge on any atom is 0.407 e. The fourth-order valence-corrected chi connectivity index (χ4v) is 2.87. The van der Waals surface area contributed by atoms with E-state index in [2.05, 4.69) is 26.0 Å². The molecule has 6 heteroatoms. The van der Waals surface area contributed by atoms with Crippen molar-refractivity contribution in [1.29, 1.82) is 0 Å². The highest BCUT2D eigenvalue weighted by atomic mass is 79.9. The van der Waals surface area contributed by atoms with Crippen LogP contribution in [0.3, 0.4) is 0 Å². The molecule has 1 saturated heterocycles. The lowest BCUT2D eigenvalue weighted by molar-refractivity contribution is -0.145. The van der Waals surface area contributed by atoms with Crippen LogP contribution in [0.2, 0.25) is 0 Å². The van der Waals surface area contributed by atoms with Crippen molar-refractivity contribution in [3.63, 3.8) is 0 Å². The monoisotopic (exact) mass is 263 g/mol. The highest BCUT2D eigenvalue weighted by Gasteiger charge is 2.52. The zero-order chi connectivity index (χ0) is 10.3. The Labute approximate surface area is 89.2 Å². The lowest BCUT2D eigenvalue weighted by Crippen LogP contribution is -2.29. The number of rotatable bonds is 1. The molecule has 1 amide bonds. The molecule has 1 saturated carbocycles. The van der Waals surface area contributed by atoms with Crippen molar-refractivity contribution in [2.24, 2.45) is 5.92 Å². The molecule has 0 aromatic carbocycles. The summed E-state index contributed by atoms with van der Waals surface area (Å²) in [5.41, 5.74) is 0. The van der Waals surface area contributed by atoms with E-state index < -0.39 is 6.09 Å². The molecule has 0 radical (unpaired) electrons. The molecule has 0 unspecified atom stereocenters. The Balaban J connectivity index is 2.09. The largest absolute Gasteiger partial charge is 0.469 e. The van der Waals surface area contributed by atoms with Crippen LogP contribution in [-0.2, 0) is 14.3 Å². The molecule has 2 rings (SSSR count). The summed E-state index contributed by atoms with van der Waals surface area (Å²) in [4.78, 5) is 22.0. The van der Waals surface area contributed by atoms with Gasteiger partial charge in [-0.3, -0.25) is 4.79 Å². The van der Waals surface area contributed by atoms with E-state index in [0.717, 1.165) is 0 Å². The minimum absolute atomic E-state index is 0.0732. The first kappa shape index (κ1) is 9.76. The van der Waals surface area contributed by atoms with Gasteiger partial charge in [0, 0.05) is 0 Å². The van der Waals surface area contributed by atoms with E-state index in [1.807, 2.05) is 0 Å². The SMILES string of the molecule is COC(=O)[C@H]1C[C@@H]2NC(=O)O[C@@H]2[C@H]1Br. The number of ether oxygens (including phenoxy) is 2. The number of carbonyl (C=O) groups excluding carboxylic acids is 2. The number of amides is 1. The fourth-order valence-electron chi connectivity index (χ4n) is 1.96. The van der Waals surface area contributed by atoms with Gasteiger partial charge in [0.1, 0.15) is 6.10 Å². The number of methoxy groups -OCH3 is 1. The van der Waals surface area contributed by atoms with Gasteiger partial charge in [0.05, 0.1) is 23.9 Å². The average molecular weight is 264 g/mol. The number of nitrogens with one attached hydrogen (secondary N) is 1. The first-order valence-corrected chi connectivity index (χ1v) is 5.24. The second kappa shape index (κ2) is 3.42. The Morgan fingerprint density at radius 2 is 2.43 bits per heavy atom. The van der Waals surface area contributed by atoms with E-state index in [1.165, 1.54) is 7.11 Å². The van der Waals surface area contributed by atoms with Gasteiger partial charge in [-0.05, 0) is 6.42 Å². The number of carbonyl (C=O) groups is 2. The van der Waals surface area contributed by atoms with Gasteiger partial charge in [-0.1, -0.05) is 15.9 Å². The number of alkyl carbamates (subject to hydrolysis) is 1. The van der Waals surface area contributed by atoms with Gasteiger partial charge in [-0.15, -0.1) is 0 Å². The first-order chi connectivity index (χ1) is 6.63. The molecule has 0 bridgehead atoms. The van der Waals surface area contributed by atoms with Gasteiger partial charge >= 0.3 is 12.1 Å². The second-order valence-corrected chi connectivity index (χ2v) is 4.49. The number of hydrogen-bond acceptors (Lipinski definition) is 4. The molecule has 0 aromatic rings. The molecule has 1 aliphatic carbocycles. The van der Waals surface area contributed by atoms with Crippen molar-refractivity contribution >= 4 is 28.0 Å². The predicted molar refractivity (Wildman–Crippen MR) is 50.0 cm³/mol. The number of hydrogen-bond donors (Lipinski definition) is 1. The number of halogens is 1. The summed E-state index contributed by atoms with van der Waals surface area (Å²) in [6.07, 6.45) is -0.0988. The van der Waals surface area contributed by atoms with Crippen LogP contribution in [0, 0.1) is 5.92 Å². The lowest BCUT2D eigenvalue weighted by Gasteiger charge is -2.14. The quantitative estimate of drug-likeness (QED) is 0.550. The zero-order valence-corrected chi connectivity index (χ0v) is 9.11. The molecule has 5 nitrogen and oxygen atoms in total. The van der Waals surface area contributed by atoms with Crippen molar-refractivity contribution in [1.82, 2.24) is 5.32 Å². The van der Waals surface area contributed by atoms with Crippen LogP contribution < -0.4 is 5.32 Å². The number of alkyl halides is 1. The second-order valence-electron chi connectivity index (χ2n) is 3.43. The Hall–Kier alpha value is -0.780. The first-order valence-electron chi connectivity index (χ1n) is 4.32. The van der Waals surface area contributed by atoms with Crippen LogP contribution in [0.25, 0.3) is 0 Å². The molecular formula is C8H10BrNO4. The molecule has 1 aliphatic heterocycles. The summed E-state index contributed by atoms with van der Waals surface area (Å²) in [7, 11) is 1.36. The summed E-state index contributed by atoms with van der Waals surface area (Å²) in [5, 5.41) is 2.66. The van der Waals surface area contributed by atoms with Crippen molar-refractivity contribution in [3.8, 4) is 0 Å². The third-order valence-corrected chi connectivity index (χ3v) is 3.81. The van der Waals surface area contributed by atoms with E-state index in [-0.39, 0.29) is 28.9 Å². The minimum Gasteiger partial charge on any atom is -0.469 e. The molecule has 4 atom stereocenters. The van der Waals surface area contributed by atoms with Crippen molar-refractivity contribution in [2.45, 2.75) is 23.4 Å². The van der Waals surface area contributed by atoms with Crippen LogP contribution in [0.5, 0.6) is 0 Å². The van der Waals surface area contributed by atoms with Gasteiger partial charge in [0.25, 0.3) is 0 Å². The molecule has 1 heterocycles. The Morgan fingerprint density at radius 3 is 3.00 bits per heavy atom. The highest BCUT2D eigenvalue weighted by Crippen LogP contribution is 2.37. The Kier molecular flexibility index (Phi) is 2.38. The van der Waals surface area contributed by atoms with Gasteiger partial charge in [-0.2, -0.15) is 0 Å². The summed E-state index contributed by atoms with van der Waals surface area (Å²) in [5.74, 6) is -0.505. The predicted octanol–water partition coefficient (Wildman–Crippen LogP) is 0.420. The van der Waals surface area contributed by atoms with Crippen molar-refractivity contribution < 1.29 is 19.1 Å². The van der Waals surface area contributed by atoms with Crippen LogP contribution in [0.1, 0.15) is 6.42 Å². The molecule has 0 spiro atoms. The summed E-state index contributed by atoms with van der Waals surface area (Å²) >= 11 is 3.36. The van der Waals surface area contributed by atoms with Gasteiger partial charge in [0.15, 0.2) is 0 Å². The summed E-state index contributed by atoms with van der Waals surface area (Å²) in [6.45, 7) is 0. The maximum absolute atomic E-state index is 11.3. The molecule has 2 fully saturated rings. The fraction of sp³-hybridized carbons (Fsp3) is 0.750.